The highest BCUT2D eigenvalue weighted by molar-refractivity contribution is 6.30. The molecule has 8 heteroatoms. The maximum atomic E-state index is 11.9. The lowest BCUT2D eigenvalue weighted by molar-refractivity contribution is -0.120. The minimum absolute atomic E-state index is 0. The number of carbonyl (C=O) groups excluding carboxylic acids is 1. The Kier molecular flexibility index (Phi) is 11.8. The van der Waals surface area contributed by atoms with Gasteiger partial charge in [-0.1, -0.05) is 41.9 Å². The van der Waals surface area contributed by atoms with Crippen molar-refractivity contribution in [3.8, 4) is 5.75 Å². The van der Waals surface area contributed by atoms with Crippen LogP contribution in [0.5, 0.6) is 5.75 Å². The molecule has 1 amide bonds. The lowest BCUT2D eigenvalue weighted by Crippen LogP contribution is -2.32. The molecular weight excluding hydrogens is 397 g/mol. The highest BCUT2D eigenvalue weighted by Gasteiger charge is 2.08. The summed E-state index contributed by atoms with van der Waals surface area (Å²) in [5, 5.41) is 6.61. The van der Waals surface area contributed by atoms with Crippen LogP contribution in [0.25, 0.3) is 0 Å². The summed E-state index contributed by atoms with van der Waals surface area (Å²) in [6.07, 6.45) is 0.331. The molecule has 2 aromatic rings. The molecule has 5 nitrogen and oxygen atoms in total. The Morgan fingerprint density at radius 1 is 1.19 bits per heavy atom. The van der Waals surface area contributed by atoms with Crippen molar-refractivity contribution in [3.05, 3.63) is 59.1 Å². The first-order chi connectivity index (χ1) is 11.6. The van der Waals surface area contributed by atoms with Crippen molar-refractivity contribution in [1.82, 2.24) is 5.32 Å². The Morgan fingerprint density at radius 3 is 2.54 bits per heavy atom. The van der Waals surface area contributed by atoms with Crippen LogP contribution in [0.2, 0.25) is 5.02 Å². The quantitative estimate of drug-likeness (QED) is 0.607. The van der Waals surface area contributed by atoms with E-state index in [1.807, 2.05) is 30.3 Å². The first-order valence-electron chi connectivity index (χ1n) is 7.75. The van der Waals surface area contributed by atoms with Crippen molar-refractivity contribution >= 4 is 48.0 Å². The monoisotopic (exact) mass is 419 g/mol. The van der Waals surface area contributed by atoms with Crippen molar-refractivity contribution in [1.29, 1.82) is 0 Å². The van der Waals surface area contributed by atoms with E-state index in [9.17, 15) is 4.79 Å². The number of amides is 1. The number of nitrogens with two attached hydrogens (primary N) is 1. The first kappa shape index (κ1) is 24.3. The van der Waals surface area contributed by atoms with Crippen LogP contribution in [0, 0.1) is 0 Å². The van der Waals surface area contributed by atoms with Crippen molar-refractivity contribution in [3.63, 3.8) is 0 Å². The van der Waals surface area contributed by atoms with Gasteiger partial charge in [-0.2, -0.15) is 0 Å². The molecular formula is C18H24Cl3N3O2. The number of benzene rings is 2. The molecule has 0 aromatic heterocycles. The molecule has 0 aliphatic carbocycles. The van der Waals surface area contributed by atoms with E-state index in [-0.39, 0.29) is 36.8 Å². The molecule has 0 saturated heterocycles. The van der Waals surface area contributed by atoms with Crippen molar-refractivity contribution < 1.29 is 9.53 Å². The molecule has 1 atom stereocenters. The number of nitrogens with one attached hydrogen (secondary N) is 2. The van der Waals surface area contributed by atoms with Gasteiger partial charge in [0.1, 0.15) is 5.75 Å². The Labute approximate surface area is 171 Å². The van der Waals surface area contributed by atoms with E-state index in [0.717, 1.165) is 11.3 Å². The van der Waals surface area contributed by atoms with Crippen LogP contribution in [0.15, 0.2) is 48.5 Å². The zero-order chi connectivity index (χ0) is 17.4. The van der Waals surface area contributed by atoms with Gasteiger partial charge in [0.2, 0.25) is 5.91 Å². The van der Waals surface area contributed by atoms with Gasteiger partial charge in [0, 0.05) is 30.6 Å². The highest BCUT2D eigenvalue weighted by Crippen LogP contribution is 2.27. The standard InChI is InChI=1S/C18H22ClN3O2.2ClH/c1-24-17-8-7-14(19)11-16(17)21-10-9-18(23)22-12-15(20)13-5-3-2-4-6-13;;/h2-8,11,15,21H,9-10,12,20H2,1H3,(H,22,23);2*1H. The van der Waals surface area contributed by atoms with Crippen molar-refractivity contribution in [2.24, 2.45) is 5.73 Å². The Bertz CT molecular complexity index is 672. The molecule has 1 unspecified atom stereocenters. The van der Waals surface area contributed by atoms with Crippen LogP contribution in [0.4, 0.5) is 5.69 Å². The van der Waals surface area contributed by atoms with Gasteiger partial charge in [0.25, 0.3) is 0 Å². The van der Waals surface area contributed by atoms with Gasteiger partial charge < -0.3 is 21.1 Å². The molecule has 0 aliphatic rings. The molecule has 144 valence electrons. The first-order valence-corrected chi connectivity index (χ1v) is 8.12. The molecule has 0 heterocycles. The molecule has 0 aliphatic heterocycles. The van der Waals surface area contributed by atoms with Gasteiger partial charge in [-0.15, -0.1) is 24.8 Å². The number of halogens is 3. The summed E-state index contributed by atoms with van der Waals surface area (Å²) >= 11 is 5.97. The summed E-state index contributed by atoms with van der Waals surface area (Å²) in [6.45, 7) is 0.881. The zero-order valence-electron chi connectivity index (χ0n) is 14.4. The maximum absolute atomic E-state index is 11.9. The third-order valence-electron chi connectivity index (χ3n) is 3.58. The third-order valence-corrected chi connectivity index (χ3v) is 3.81. The Balaban J connectivity index is 0.00000312. The summed E-state index contributed by atoms with van der Waals surface area (Å²) in [5.41, 5.74) is 7.82. The number of carbonyl (C=O) groups is 1. The minimum Gasteiger partial charge on any atom is -0.495 e. The van der Waals surface area contributed by atoms with Gasteiger partial charge in [0.15, 0.2) is 0 Å². The lowest BCUT2D eigenvalue weighted by Gasteiger charge is -2.14. The van der Waals surface area contributed by atoms with Crippen LogP contribution in [0.3, 0.4) is 0 Å². The Morgan fingerprint density at radius 2 is 1.88 bits per heavy atom. The number of hydrogen-bond acceptors (Lipinski definition) is 4. The fourth-order valence-corrected chi connectivity index (χ4v) is 2.43. The summed E-state index contributed by atoms with van der Waals surface area (Å²) in [5.74, 6) is 0.626. The predicted octanol–water partition coefficient (Wildman–Crippen LogP) is 3.81. The van der Waals surface area contributed by atoms with Gasteiger partial charge in [-0.05, 0) is 23.8 Å². The second-order valence-electron chi connectivity index (χ2n) is 5.34. The number of ether oxygens (including phenoxy) is 1. The fraction of sp³-hybridized carbons (Fsp3) is 0.278. The smallest absolute Gasteiger partial charge is 0.221 e. The fourth-order valence-electron chi connectivity index (χ4n) is 2.26. The lowest BCUT2D eigenvalue weighted by atomic mass is 10.1. The van der Waals surface area contributed by atoms with Crippen molar-refractivity contribution in [2.75, 3.05) is 25.5 Å². The predicted molar refractivity (Wildman–Crippen MR) is 112 cm³/mol. The number of rotatable bonds is 8. The number of anilines is 1. The van der Waals surface area contributed by atoms with Crippen LogP contribution < -0.4 is 21.1 Å². The number of hydrogen-bond donors (Lipinski definition) is 3. The Hall–Kier alpha value is -1.66. The SMILES string of the molecule is COc1ccc(Cl)cc1NCCC(=O)NCC(N)c1ccccc1.Cl.Cl. The second kappa shape index (κ2) is 12.7. The summed E-state index contributed by atoms with van der Waals surface area (Å²) in [4.78, 5) is 11.9. The van der Waals surface area contributed by atoms with Gasteiger partial charge in [-0.25, -0.2) is 0 Å². The molecule has 0 spiro atoms. The number of methoxy groups -OCH3 is 1. The van der Waals surface area contributed by atoms with Gasteiger partial charge >= 0.3 is 0 Å². The normalized spacial score (nSPS) is 10.7. The minimum atomic E-state index is -0.212. The van der Waals surface area contributed by atoms with E-state index in [4.69, 9.17) is 22.1 Å². The average Bonchev–Trinajstić information content (AvgIpc) is 2.60. The molecule has 0 radical (unpaired) electrons. The highest BCUT2D eigenvalue weighted by atomic mass is 35.5. The second-order valence-corrected chi connectivity index (χ2v) is 5.78. The summed E-state index contributed by atoms with van der Waals surface area (Å²) < 4.78 is 5.25. The van der Waals surface area contributed by atoms with E-state index < -0.39 is 0 Å². The summed E-state index contributed by atoms with van der Waals surface area (Å²) in [7, 11) is 1.59. The van der Waals surface area contributed by atoms with Gasteiger partial charge in [0.05, 0.1) is 12.8 Å². The maximum Gasteiger partial charge on any atom is 0.221 e. The molecule has 0 fully saturated rings. The topological polar surface area (TPSA) is 76.4 Å². The third kappa shape index (κ3) is 7.70. The van der Waals surface area contributed by atoms with Crippen LogP contribution >= 0.6 is 36.4 Å². The zero-order valence-corrected chi connectivity index (χ0v) is 16.8. The molecule has 26 heavy (non-hydrogen) atoms. The van der Waals surface area contributed by atoms with E-state index in [1.165, 1.54) is 0 Å². The largest absolute Gasteiger partial charge is 0.495 e. The van der Waals surface area contributed by atoms with Crippen LogP contribution in [-0.4, -0.2) is 26.1 Å². The molecule has 0 bridgehead atoms. The van der Waals surface area contributed by atoms with Crippen LogP contribution in [-0.2, 0) is 4.79 Å². The van der Waals surface area contributed by atoms with E-state index in [1.54, 1.807) is 25.3 Å². The van der Waals surface area contributed by atoms with E-state index in [2.05, 4.69) is 10.6 Å². The van der Waals surface area contributed by atoms with Crippen molar-refractivity contribution in [2.45, 2.75) is 12.5 Å². The summed E-state index contributed by atoms with van der Waals surface area (Å²) in [6, 6.07) is 14.8. The molecule has 2 rings (SSSR count). The van der Waals surface area contributed by atoms with E-state index in [0.29, 0.717) is 30.3 Å². The van der Waals surface area contributed by atoms with E-state index >= 15 is 0 Å². The van der Waals surface area contributed by atoms with Crippen LogP contribution in [0.1, 0.15) is 18.0 Å². The molecule has 4 N–H and O–H groups in total. The molecule has 2 aromatic carbocycles. The molecule has 0 saturated carbocycles. The average molecular weight is 421 g/mol. The van der Waals surface area contributed by atoms with Gasteiger partial charge in [-0.3, -0.25) is 4.79 Å².